The molecule has 2 amide bonds. The SMILES string of the molecule is CN(C)C(=[O+][N+]1N=Nc2ccccc21)N(C)C. The number of urea groups is 1. The van der Waals surface area contributed by atoms with E-state index in [1.807, 2.05) is 62.3 Å². The third-order valence-corrected chi connectivity index (χ3v) is 2.25. The summed E-state index contributed by atoms with van der Waals surface area (Å²) in [5, 5.41) is 9.42. The average molecular weight is 234 g/mol. The lowest BCUT2D eigenvalue weighted by Crippen LogP contribution is -2.35. The van der Waals surface area contributed by atoms with Crippen LogP contribution in [-0.2, 0) is 0 Å². The Kier molecular flexibility index (Phi) is 3.06. The number of rotatable bonds is 1. The maximum atomic E-state index is 5.70. The minimum Gasteiger partial charge on any atom is -0.275 e. The Morgan fingerprint density at radius 2 is 1.76 bits per heavy atom. The van der Waals surface area contributed by atoms with Crippen LogP contribution < -0.4 is 5.17 Å². The van der Waals surface area contributed by atoms with Gasteiger partial charge in [0.1, 0.15) is 4.53 Å². The highest BCUT2D eigenvalue weighted by Gasteiger charge is 2.44. The van der Waals surface area contributed by atoms with Gasteiger partial charge in [0.2, 0.25) is 0 Å². The quantitative estimate of drug-likeness (QED) is 0.528. The molecule has 2 rings (SSSR count). The van der Waals surface area contributed by atoms with Gasteiger partial charge in [-0.05, 0) is 6.07 Å². The Hall–Kier alpha value is -1.95. The van der Waals surface area contributed by atoms with E-state index in [1.165, 1.54) is 5.17 Å². The van der Waals surface area contributed by atoms with Crippen LogP contribution in [0.2, 0.25) is 0 Å². The van der Waals surface area contributed by atoms with E-state index in [4.69, 9.17) is 4.53 Å². The molecule has 1 aromatic rings. The molecule has 0 unspecified atom stereocenters. The zero-order chi connectivity index (χ0) is 12.4. The van der Waals surface area contributed by atoms with E-state index >= 15 is 0 Å². The molecule has 0 saturated carbocycles. The van der Waals surface area contributed by atoms with Crippen molar-refractivity contribution in [2.75, 3.05) is 28.2 Å². The Morgan fingerprint density at radius 1 is 1.12 bits per heavy atom. The van der Waals surface area contributed by atoms with E-state index in [1.54, 1.807) is 0 Å². The molecule has 1 aliphatic heterocycles. The summed E-state index contributed by atoms with van der Waals surface area (Å²) in [6.45, 7) is 0. The summed E-state index contributed by atoms with van der Waals surface area (Å²) in [5.74, 6) is 0. The number of nitrogens with zero attached hydrogens (tertiary/aromatic N) is 5. The molecule has 1 aliphatic rings. The van der Waals surface area contributed by atoms with E-state index in [9.17, 15) is 0 Å². The molecular formula is C11H16N5O+2. The van der Waals surface area contributed by atoms with Crippen molar-refractivity contribution >= 4 is 17.4 Å². The van der Waals surface area contributed by atoms with Gasteiger partial charge in [0.25, 0.3) is 0 Å². The van der Waals surface area contributed by atoms with E-state index < -0.39 is 0 Å². The number of benzene rings is 1. The molecule has 0 bridgehead atoms. The zero-order valence-electron chi connectivity index (χ0n) is 10.5. The first kappa shape index (κ1) is 11.5. The summed E-state index contributed by atoms with van der Waals surface area (Å²) in [7, 11) is 7.64. The summed E-state index contributed by atoms with van der Waals surface area (Å²) >= 11 is 0. The van der Waals surface area contributed by atoms with Crippen molar-refractivity contribution in [3.63, 3.8) is 0 Å². The second-order valence-electron chi connectivity index (χ2n) is 4.11. The highest BCUT2D eigenvalue weighted by molar-refractivity contribution is 5.74. The molecule has 1 aromatic carbocycles. The monoisotopic (exact) mass is 234 g/mol. The Bertz CT molecular complexity index is 457. The topological polar surface area (TPSA) is 48.4 Å². The van der Waals surface area contributed by atoms with Crippen LogP contribution in [0.5, 0.6) is 0 Å². The highest BCUT2D eigenvalue weighted by atomic mass is 16.6. The minimum absolute atomic E-state index is 0.681. The number of amides is 2. The third-order valence-electron chi connectivity index (χ3n) is 2.25. The first-order valence-corrected chi connectivity index (χ1v) is 5.30. The van der Waals surface area contributed by atoms with Gasteiger partial charge in [-0.3, -0.25) is 9.80 Å². The van der Waals surface area contributed by atoms with Crippen LogP contribution in [0, 0.1) is 0 Å². The first-order valence-electron chi connectivity index (χ1n) is 5.30. The number of anilines is 1. The van der Waals surface area contributed by atoms with Gasteiger partial charge in [-0.25, -0.2) is 0 Å². The minimum atomic E-state index is 0.681. The second-order valence-corrected chi connectivity index (χ2v) is 4.11. The van der Waals surface area contributed by atoms with Crippen molar-refractivity contribution in [3.05, 3.63) is 24.3 Å². The normalized spacial score (nSPS) is 13.4. The Labute approximate surface area is 100 Å². The standard InChI is InChI=1S/C11H16N5O/c1-14(2)11(15(3)4)17-16-10-8-6-5-7-9(10)12-13-16/h5-8H,1-4H3/q+2. The van der Waals surface area contributed by atoms with Crippen molar-refractivity contribution in [2.45, 2.75) is 0 Å². The largest absolute Gasteiger partial charge is 0.604 e. The van der Waals surface area contributed by atoms with Crippen molar-refractivity contribution in [3.8, 4) is 0 Å². The van der Waals surface area contributed by atoms with Gasteiger partial charge in [-0.2, -0.15) is 0 Å². The van der Waals surface area contributed by atoms with Crippen LogP contribution in [0.1, 0.15) is 0 Å². The molecule has 17 heavy (non-hydrogen) atoms. The van der Waals surface area contributed by atoms with E-state index in [0.717, 1.165) is 11.4 Å². The van der Waals surface area contributed by atoms with E-state index in [2.05, 4.69) is 10.3 Å². The van der Waals surface area contributed by atoms with Crippen LogP contribution in [0.3, 0.4) is 0 Å². The van der Waals surface area contributed by atoms with Crippen molar-refractivity contribution < 1.29 is 4.53 Å². The molecule has 0 N–H and O–H groups in total. The lowest BCUT2D eigenvalue weighted by Gasteiger charge is -2.08. The van der Waals surface area contributed by atoms with Crippen molar-refractivity contribution in [1.29, 1.82) is 0 Å². The van der Waals surface area contributed by atoms with Crippen molar-refractivity contribution in [1.82, 2.24) is 15.0 Å². The molecule has 0 saturated heterocycles. The van der Waals surface area contributed by atoms with Gasteiger partial charge in [-0.15, -0.1) is 0 Å². The van der Waals surface area contributed by atoms with Crippen LogP contribution in [-0.4, -0.2) is 44.0 Å². The molecule has 89 valence electrons. The van der Waals surface area contributed by atoms with Crippen molar-refractivity contribution in [2.24, 2.45) is 10.3 Å². The first-order chi connectivity index (χ1) is 8.09. The number of para-hydroxylation sites is 1. The van der Waals surface area contributed by atoms with Crippen LogP contribution in [0.4, 0.5) is 15.9 Å². The molecular weight excluding hydrogens is 218 g/mol. The highest BCUT2D eigenvalue weighted by Crippen LogP contribution is 2.35. The van der Waals surface area contributed by atoms with Gasteiger partial charge < -0.3 is 0 Å². The predicted molar refractivity (Wildman–Crippen MR) is 65.5 cm³/mol. The predicted octanol–water partition coefficient (Wildman–Crippen LogP) is 2.16. The number of hydrogen-bond acceptors (Lipinski definition) is 3. The van der Waals surface area contributed by atoms with Gasteiger partial charge in [-0.1, -0.05) is 17.2 Å². The molecule has 0 spiro atoms. The van der Waals surface area contributed by atoms with Crippen LogP contribution >= 0.6 is 0 Å². The number of carbonyl (C=O) groups excluding carboxylic acids is 1. The maximum Gasteiger partial charge on any atom is 0.604 e. The van der Waals surface area contributed by atoms with Gasteiger partial charge in [0.15, 0.2) is 10.9 Å². The fourth-order valence-corrected chi connectivity index (χ4v) is 1.56. The Balaban J connectivity index is 2.32. The fourth-order valence-electron chi connectivity index (χ4n) is 1.56. The lowest BCUT2D eigenvalue weighted by atomic mass is 10.3. The second kappa shape index (κ2) is 4.50. The summed E-state index contributed by atoms with van der Waals surface area (Å²) in [6.07, 6.45) is 0. The maximum absolute atomic E-state index is 5.70. The molecule has 1 radical (unpaired) electrons. The lowest BCUT2D eigenvalue weighted by molar-refractivity contribution is -0.295. The average Bonchev–Trinajstić information content (AvgIpc) is 2.68. The van der Waals surface area contributed by atoms with Gasteiger partial charge in [0.05, 0.1) is 0 Å². The Morgan fingerprint density at radius 3 is 2.41 bits per heavy atom. The smallest absolute Gasteiger partial charge is 0.275 e. The summed E-state index contributed by atoms with van der Waals surface area (Å²) in [5.41, 5.74) is 1.65. The summed E-state index contributed by atoms with van der Waals surface area (Å²) < 4.78 is 5.70. The third kappa shape index (κ3) is 2.26. The van der Waals surface area contributed by atoms with E-state index in [0.29, 0.717) is 6.03 Å². The number of fused-ring (bicyclic) bond motifs is 1. The molecule has 6 nitrogen and oxygen atoms in total. The van der Waals surface area contributed by atoms with Crippen LogP contribution in [0.15, 0.2) is 34.6 Å². The molecule has 0 fully saturated rings. The summed E-state index contributed by atoms with van der Waals surface area (Å²) in [6, 6.07) is 8.34. The fraction of sp³-hybridized carbons (Fsp3) is 0.364. The van der Waals surface area contributed by atoms with Gasteiger partial charge in [0, 0.05) is 34.3 Å². The molecule has 6 heteroatoms. The van der Waals surface area contributed by atoms with Gasteiger partial charge >= 0.3 is 16.9 Å². The molecule has 0 atom stereocenters. The van der Waals surface area contributed by atoms with E-state index in [-0.39, 0.29) is 0 Å². The molecule has 0 aliphatic carbocycles. The molecule has 0 aromatic heterocycles. The van der Waals surface area contributed by atoms with Crippen LogP contribution in [0.25, 0.3) is 0 Å². The molecule has 1 heterocycles. The summed E-state index contributed by atoms with van der Waals surface area (Å²) in [4.78, 5) is 3.74. The zero-order valence-corrected chi connectivity index (χ0v) is 10.5. The number of hydrogen-bond donors (Lipinski definition) is 0.